The number of fused-ring (bicyclic) bond motifs is 1. The summed E-state index contributed by atoms with van der Waals surface area (Å²) in [6.45, 7) is 4.07. The van der Waals surface area contributed by atoms with Crippen molar-refractivity contribution >= 4 is 28.6 Å². The van der Waals surface area contributed by atoms with Crippen LogP contribution in [0.25, 0.3) is 22.0 Å². The van der Waals surface area contributed by atoms with Crippen LogP contribution in [-0.4, -0.2) is 30.3 Å². The summed E-state index contributed by atoms with van der Waals surface area (Å²) in [5, 5.41) is 4.64. The maximum atomic E-state index is 11.9. The van der Waals surface area contributed by atoms with Crippen molar-refractivity contribution in [2.45, 2.75) is 5.03 Å². The van der Waals surface area contributed by atoms with Crippen LogP contribution in [0, 0.1) is 0 Å². The number of hydrogen-bond donors (Lipinski definition) is 1. The van der Waals surface area contributed by atoms with Crippen LogP contribution in [0.15, 0.2) is 72.3 Å². The average molecular weight is 364 g/mol. The van der Waals surface area contributed by atoms with Crippen LogP contribution >= 0.6 is 11.8 Å². The Morgan fingerprint density at radius 1 is 1.23 bits per heavy atom. The number of methoxy groups -OCH3 is 1. The molecule has 0 fully saturated rings. The summed E-state index contributed by atoms with van der Waals surface area (Å²) in [5.41, 5.74) is 3.05. The second kappa shape index (κ2) is 8.54. The summed E-state index contributed by atoms with van der Waals surface area (Å²) in [6.07, 6.45) is 1.66. The quantitative estimate of drug-likeness (QED) is 0.501. The Morgan fingerprint density at radius 3 is 2.77 bits per heavy atom. The van der Waals surface area contributed by atoms with E-state index in [-0.39, 0.29) is 5.91 Å². The zero-order valence-corrected chi connectivity index (χ0v) is 15.4. The molecular weight excluding hydrogens is 344 g/mol. The van der Waals surface area contributed by atoms with Crippen molar-refractivity contribution in [1.29, 1.82) is 0 Å². The lowest BCUT2D eigenvalue weighted by molar-refractivity contribution is -0.118. The van der Waals surface area contributed by atoms with Crippen LogP contribution in [0.3, 0.4) is 0 Å². The number of hydrogen-bond acceptors (Lipinski definition) is 4. The first kappa shape index (κ1) is 18.0. The molecule has 3 aromatic rings. The van der Waals surface area contributed by atoms with Gasteiger partial charge in [0.2, 0.25) is 5.91 Å². The first-order chi connectivity index (χ1) is 12.7. The van der Waals surface area contributed by atoms with E-state index in [1.165, 1.54) is 11.8 Å². The summed E-state index contributed by atoms with van der Waals surface area (Å²) in [5.74, 6) is 1.03. The van der Waals surface area contributed by atoms with Gasteiger partial charge in [-0.1, -0.05) is 48.2 Å². The number of pyridine rings is 1. The summed E-state index contributed by atoms with van der Waals surface area (Å²) in [4.78, 5) is 16.6. The molecule has 1 aromatic heterocycles. The Kier molecular flexibility index (Phi) is 5.92. The molecule has 0 aliphatic heterocycles. The monoisotopic (exact) mass is 364 g/mol. The Hall–Kier alpha value is -2.79. The van der Waals surface area contributed by atoms with E-state index < -0.39 is 0 Å². The van der Waals surface area contributed by atoms with E-state index in [0.717, 1.165) is 32.8 Å². The Morgan fingerprint density at radius 2 is 2.04 bits per heavy atom. The highest BCUT2D eigenvalue weighted by atomic mass is 32.2. The topological polar surface area (TPSA) is 51.2 Å². The van der Waals surface area contributed by atoms with Gasteiger partial charge >= 0.3 is 0 Å². The van der Waals surface area contributed by atoms with Crippen molar-refractivity contribution in [2.75, 3.05) is 19.4 Å². The zero-order valence-electron chi connectivity index (χ0n) is 14.6. The third-order valence-electron chi connectivity index (χ3n) is 3.87. The number of aromatic nitrogens is 1. The molecule has 0 aliphatic rings. The summed E-state index contributed by atoms with van der Waals surface area (Å²) in [7, 11) is 1.64. The standard InChI is InChI=1S/C21H20N2O2S/c1-3-11-22-20(24)14-26-21-13-18(15-7-5-4-6-8-15)17-10-9-16(25-2)12-19(17)23-21/h3-10,12-13H,1,11,14H2,2H3,(H,22,24). The molecule has 1 amide bonds. The highest BCUT2D eigenvalue weighted by molar-refractivity contribution is 7.99. The predicted molar refractivity (Wildman–Crippen MR) is 108 cm³/mol. The molecule has 0 bridgehead atoms. The van der Waals surface area contributed by atoms with Crippen LogP contribution in [0.2, 0.25) is 0 Å². The van der Waals surface area contributed by atoms with Crippen molar-refractivity contribution in [1.82, 2.24) is 10.3 Å². The third kappa shape index (κ3) is 4.24. The van der Waals surface area contributed by atoms with Gasteiger partial charge in [0.05, 0.1) is 23.4 Å². The predicted octanol–water partition coefficient (Wildman–Crippen LogP) is 4.30. The summed E-state index contributed by atoms with van der Waals surface area (Å²) in [6, 6.07) is 18.1. The molecule has 0 saturated heterocycles. The normalized spacial score (nSPS) is 10.5. The second-order valence-electron chi connectivity index (χ2n) is 5.64. The summed E-state index contributed by atoms with van der Waals surface area (Å²) >= 11 is 1.42. The van der Waals surface area contributed by atoms with Crippen LogP contribution in [0.4, 0.5) is 0 Å². The van der Waals surface area contributed by atoms with E-state index in [1.54, 1.807) is 13.2 Å². The molecule has 0 saturated carbocycles. The fourth-order valence-corrected chi connectivity index (χ4v) is 3.36. The SMILES string of the molecule is C=CCNC(=O)CSc1cc(-c2ccccc2)c2ccc(OC)cc2n1. The van der Waals surface area contributed by atoms with Crippen LogP contribution < -0.4 is 10.1 Å². The average Bonchev–Trinajstić information content (AvgIpc) is 2.70. The van der Waals surface area contributed by atoms with Gasteiger partial charge in [-0.05, 0) is 29.3 Å². The molecule has 3 rings (SSSR count). The van der Waals surface area contributed by atoms with Crippen LogP contribution in [0.1, 0.15) is 0 Å². The molecule has 132 valence electrons. The minimum absolute atomic E-state index is 0.0382. The van der Waals surface area contributed by atoms with E-state index in [2.05, 4.69) is 24.0 Å². The van der Waals surface area contributed by atoms with Gasteiger partial charge < -0.3 is 10.1 Å². The van der Waals surface area contributed by atoms with Gasteiger partial charge in [-0.15, -0.1) is 6.58 Å². The number of thioether (sulfide) groups is 1. The fraction of sp³-hybridized carbons (Fsp3) is 0.143. The number of nitrogens with zero attached hydrogens (tertiary/aromatic N) is 1. The van der Waals surface area contributed by atoms with Crippen LogP contribution in [0.5, 0.6) is 5.75 Å². The van der Waals surface area contributed by atoms with Crippen LogP contribution in [-0.2, 0) is 4.79 Å². The highest BCUT2D eigenvalue weighted by Crippen LogP contribution is 2.33. The molecule has 1 N–H and O–H groups in total. The smallest absolute Gasteiger partial charge is 0.230 e. The summed E-state index contributed by atoms with van der Waals surface area (Å²) < 4.78 is 5.33. The molecule has 0 atom stereocenters. The number of benzene rings is 2. The van der Waals surface area contributed by atoms with Gasteiger partial charge in [-0.3, -0.25) is 4.79 Å². The Labute approximate surface area is 157 Å². The Balaban J connectivity index is 1.98. The fourth-order valence-electron chi connectivity index (χ4n) is 2.62. The molecule has 26 heavy (non-hydrogen) atoms. The number of rotatable bonds is 7. The third-order valence-corrected chi connectivity index (χ3v) is 4.78. The number of amides is 1. The lowest BCUT2D eigenvalue weighted by atomic mass is 10.0. The van der Waals surface area contributed by atoms with Crippen molar-refractivity contribution in [3.05, 3.63) is 67.3 Å². The first-order valence-electron chi connectivity index (χ1n) is 8.26. The van der Waals surface area contributed by atoms with Gasteiger partial charge in [0.25, 0.3) is 0 Å². The highest BCUT2D eigenvalue weighted by Gasteiger charge is 2.11. The van der Waals surface area contributed by atoms with Gasteiger partial charge in [0.1, 0.15) is 5.75 Å². The maximum absolute atomic E-state index is 11.9. The van der Waals surface area contributed by atoms with Gasteiger partial charge in [-0.2, -0.15) is 0 Å². The van der Waals surface area contributed by atoms with E-state index in [4.69, 9.17) is 9.72 Å². The van der Waals surface area contributed by atoms with E-state index in [9.17, 15) is 4.79 Å². The second-order valence-corrected chi connectivity index (χ2v) is 6.63. The van der Waals surface area contributed by atoms with E-state index in [0.29, 0.717) is 12.3 Å². The van der Waals surface area contributed by atoms with Crippen molar-refractivity contribution in [2.24, 2.45) is 0 Å². The van der Waals surface area contributed by atoms with Gasteiger partial charge in [0.15, 0.2) is 0 Å². The molecular formula is C21H20N2O2S. The van der Waals surface area contributed by atoms with E-state index in [1.807, 2.05) is 42.5 Å². The zero-order chi connectivity index (χ0) is 18.4. The van der Waals surface area contributed by atoms with Crippen molar-refractivity contribution in [3.63, 3.8) is 0 Å². The molecule has 0 radical (unpaired) electrons. The largest absolute Gasteiger partial charge is 0.497 e. The van der Waals surface area contributed by atoms with Gasteiger partial charge in [-0.25, -0.2) is 4.98 Å². The number of carbonyl (C=O) groups excluding carboxylic acids is 1. The Bertz CT molecular complexity index is 926. The van der Waals surface area contributed by atoms with Crippen molar-refractivity contribution in [3.8, 4) is 16.9 Å². The molecule has 4 nitrogen and oxygen atoms in total. The first-order valence-corrected chi connectivity index (χ1v) is 9.24. The minimum atomic E-state index is -0.0382. The molecule has 0 aliphatic carbocycles. The lowest BCUT2D eigenvalue weighted by Crippen LogP contribution is -2.24. The molecule has 0 spiro atoms. The molecule has 5 heteroatoms. The number of ether oxygens (including phenoxy) is 1. The van der Waals surface area contributed by atoms with Gasteiger partial charge in [0, 0.05) is 18.0 Å². The molecule has 1 heterocycles. The molecule has 2 aromatic carbocycles. The van der Waals surface area contributed by atoms with E-state index >= 15 is 0 Å². The lowest BCUT2D eigenvalue weighted by Gasteiger charge is -2.11. The number of carbonyl (C=O) groups is 1. The van der Waals surface area contributed by atoms with Crippen molar-refractivity contribution < 1.29 is 9.53 Å². The number of nitrogens with one attached hydrogen (secondary N) is 1. The maximum Gasteiger partial charge on any atom is 0.230 e. The molecule has 0 unspecified atom stereocenters. The minimum Gasteiger partial charge on any atom is -0.497 e.